The average Bonchev–Trinajstić information content (AvgIpc) is 3.18. The summed E-state index contributed by atoms with van der Waals surface area (Å²) in [5.41, 5.74) is -0.163. The standard InChI is InChI=1S/C23H30N4O5/c1-11(14-6-8-15(28)9-7-14)18(29)16-10-17(12(2)19(30)20(16)31)23(4,5)25-22(32)21-24-13(3)26-27-21/h6-9,11-12,16-17,20,28,31H,10H2,1-5H3,(H,25,32)(H,24,26,27). The van der Waals surface area contributed by atoms with Crippen LogP contribution in [-0.2, 0) is 9.59 Å². The van der Waals surface area contributed by atoms with Gasteiger partial charge in [-0.2, -0.15) is 0 Å². The largest absolute Gasteiger partial charge is 0.508 e. The zero-order valence-corrected chi connectivity index (χ0v) is 18.9. The van der Waals surface area contributed by atoms with Gasteiger partial charge in [0, 0.05) is 17.4 Å². The number of hydrogen-bond acceptors (Lipinski definition) is 7. The van der Waals surface area contributed by atoms with E-state index in [-0.39, 0.29) is 29.7 Å². The van der Waals surface area contributed by atoms with E-state index in [1.807, 2.05) is 0 Å². The fourth-order valence-electron chi connectivity index (χ4n) is 4.61. The van der Waals surface area contributed by atoms with Crippen molar-refractivity contribution >= 4 is 17.5 Å². The number of H-pyrrole nitrogens is 1. The predicted octanol–water partition coefficient (Wildman–Crippen LogP) is 1.90. The number of Topliss-reactive ketones (excluding diaryl/α,β-unsaturated/α-hetero) is 2. The molecule has 1 amide bonds. The molecule has 0 radical (unpaired) electrons. The van der Waals surface area contributed by atoms with E-state index in [2.05, 4.69) is 20.5 Å². The van der Waals surface area contributed by atoms with Crippen LogP contribution in [0.15, 0.2) is 24.3 Å². The van der Waals surface area contributed by atoms with E-state index in [1.165, 1.54) is 12.1 Å². The number of aromatic amines is 1. The van der Waals surface area contributed by atoms with Crippen molar-refractivity contribution in [1.82, 2.24) is 20.5 Å². The normalized spacial score (nSPS) is 24.8. The number of nitrogens with zero attached hydrogens (tertiary/aromatic N) is 2. The highest BCUT2D eigenvalue weighted by atomic mass is 16.3. The second kappa shape index (κ2) is 8.82. The van der Waals surface area contributed by atoms with Crippen molar-refractivity contribution in [3.8, 4) is 5.75 Å². The van der Waals surface area contributed by atoms with Crippen LogP contribution in [-0.4, -0.2) is 54.5 Å². The highest BCUT2D eigenvalue weighted by molar-refractivity contribution is 5.96. The third kappa shape index (κ3) is 4.57. The SMILES string of the molecule is Cc1nnc(C(=O)NC(C)(C)C2CC(C(=O)C(C)c3ccc(O)cc3)C(O)C(=O)C2C)[nH]1. The topological polar surface area (TPSA) is 145 Å². The maximum Gasteiger partial charge on any atom is 0.289 e. The van der Waals surface area contributed by atoms with Gasteiger partial charge in [-0.05, 0) is 50.8 Å². The molecule has 0 aliphatic heterocycles. The number of aliphatic hydroxyl groups excluding tert-OH is 1. The first kappa shape index (κ1) is 23.6. The van der Waals surface area contributed by atoms with Gasteiger partial charge in [0.25, 0.3) is 5.91 Å². The third-order valence-corrected chi connectivity index (χ3v) is 6.60. The van der Waals surface area contributed by atoms with Crippen molar-refractivity contribution in [3.05, 3.63) is 41.5 Å². The number of aromatic nitrogens is 3. The summed E-state index contributed by atoms with van der Waals surface area (Å²) in [7, 11) is 0. The van der Waals surface area contributed by atoms with Crippen LogP contribution in [0, 0.1) is 24.7 Å². The summed E-state index contributed by atoms with van der Waals surface area (Å²) in [6.07, 6.45) is -1.14. The molecule has 1 aliphatic carbocycles. The smallest absolute Gasteiger partial charge is 0.289 e. The van der Waals surface area contributed by atoms with Crippen LogP contribution in [0.5, 0.6) is 5.75 Å². The predicted molar refractivity (Wildman–Crippen MR) is 116 cm³/mol. The Morgan fingerprint density at radius 3 is 2.41 bits per heavy atom. The zero-order chi connectivity index (χ0) is 23.8. The Hall–Kier alpha value is -3.07. The number of ketones is 2. The van der Waals surface area contributed by atoms with Crippen LogP contribution < -0.4 is 5.32 Å². The first-order valence-corrected chi connectivity index (χ1v) is 10.7. The molecule has 0 spiro atoms. The Balaban J connectivity index is 1.82. The number of hydrogen-bond donors (Lipinski definition) is 4. The molecule has 1 heterocycles. The van der Waals surface area contributed by atoms with Gasteiger partial charge in [0.2, 0.25) is 5.82 Å². The number of benzene rings is 1. The first-order chi connectivity index (χ1) is 14.9. The number of rotatable bonds is 6. The summed E-state index contributed by atoms with van der Waals surface area (Å²) >= 11 is 0. The van der Waals surface area contributed by atoms with Gasteiger partial charge in [-0.1, -0.05) is 26.0 Å². The van der Waals surface area contributed by atoms with Crippen molar-refractivity contribution in [2.24, 2.45) is 17.8 Å². The number of amides is 1. The minimum atomic E-state index is -1.39. The highest BCUT2D eigenvalue weighted by Gasteiger charge is 2.50. The van der Waals surface area contributed by atoms with Crippen molar-refractivity contribution in [3.63, 3.8) is 0 Å². The molecule has 0 saturated heterocycles. The van der Waals surface area contributed by atoms with Crippen LogP contribution in [0.25, 0.3) is 0 Å². The van der Waals surface area contributed by atoms with E-state index in [4.69, 9.17) is 0 Å². The zero-order valence-electron chi connectivity index (χ0n) is 18.9. The molecule has 1 saturated carbocycles. The summed E-state index contributed by atoms with van der Waals surface area (Å²) in [4.78, 5) is 41.6. The Labute approximate surface area is 186 Å². The Kier molecular flexibility index (Phi) is 6.50. The molecule has 172 valence electrons. The Morgan fingerprint density at radius 1 is 1.22 bits per heavy atom. The maximum absolute atomic E-state index is 13.3. The van der Waals surface area contributed by atoms with E-state index in [9.17, 15) is 24.6 Å². The molecule has 32 heavy (non-hydrogen) atoms. The summed E-state index contributed by atoms with van der Waals surface area (Å²) in [5, 5.41) is 30.6. The van der Waals surface area contributed by atoms with Gasteiger partial charge in [-0.25, -0.2) is 0 Å². The Morgan fingerprint density at radius 2 is 1.84 bits per heavy atom. The number of aliphatic hydroxyl groups is 1. The molecule has 4 N–H and O–H groups in total. The van der Waals surface area contributed by atoms with E-state index in [0.717, 1.165) is 0 Å². The molecular formula is C23H30N4O5. The van der Waals surface area contributed by atoms with Crippen LogP contribution >= 0.6 is 0 Å². The molecule has 5 unspecified atom stereocenters. The second-order valence-electron chi connectivity index (χ2n) is 9.23. The van der Waals surface area contributed by atoms with Gasteiger partial charge in [0.05, 0.1) is 5.92 Å². The van der Waals surface area contributed by atoms with E-state index >= 15 is 0 Å². The number of aryl methyl sites for hydroxylation is 1. The molecular weight excluding hydrogens is 412 g/mol. The van der Waals surface area contributed by atoms with Gasteiger partial charge in [-0.15, -0.1) is 10.2 Å². The van der Waals surface area contributed by atoms with Gasteiger partial charge in [0.15, 0.2) is 5.78 Å². The van der Waals surface area contributed by atoms with Crippen molar-refractivity contribution in [2.45, 2.75) is 58.6 Å². The average molecular weight is 443 g/mol. The Bertz CT molecular complexity index is 1010. The van der Waals surface area contributed by atoms with Crippen LogP contribution in [0.2, 0.25) is 0 Å². The van der Waals surface area contributed by atoms with Crippen molar-refractivity contribution < 1.29 is 24.6 Å². The molecule has 1 aromatic heterocycles. The summed E-state index contributed by atoms with van der Waals surface area (Å²) in [5.74, 6) is -2.83. The molecule has 1 aliphatic rings. The number of phenols is 1. The fourth-order valence-corrected chi connectivity index (χ4v) is 4.61. The minimum Gasteiger partial charge on any atom is -0.508 e. The van der Waals surface area contributed by atoms with Gasteiger partial charge >= 0.3 is 0 Å². The number of aromatic hydroxyl groups is 1. The molecule has 1 fully saturated rings. The molecule has 5 atom stereocenters. The molecule has 2 aromatic rings. The molecule has 9 heteroatoms. The van der Waals surface area contributed by atoms with Crippen LogP contribution in [0.3, 0.4) is 0 Å². The summed E-state index contributed by atoms with van der Waals surface area (Å²) in [6, 6.07) is 6.30. The molecule has 1 aromatic carbocycles. The maximum atomic E-state index is 13.3. The summed E-state index contributed by atoms with van der Waals surface area (Å²) in [6.45, 7) is 8.71. The lowest BCUT2D eigenvalue weighted by molar-refractivity contribution is -0.149. The highest BCUT2D eigenvalue weighted by Crippen LogP contribution is 2.40. The van der Waals surface area contributed by atoms with Gasteiger partial charge in [0.1, 0.15) is 23.5 Å². The van der Waals surface area contributed by atoms with Gasteiger partial charge in [-0.3, -0.25) is 14.4 Å². The number of nitrogens with one attached hydrogen (secondary N) is 2. The number of carbonyl (C=O) groups is 3. The lowest BCUT2D eigenvalue weighted by Gasteiger charge is -2.45. The van der Waals surface area contributed by atoms with Gasteiger partial charge < -0.3 is 20.5 Å². The minimum absolute atomic E-state index is 0.0685. The molecule has 3 rings (SSSR count). The van der Waals surface area contributed by atoms with E-state index in [0.29, 0.717) is 11.4 Å². The second-order valence-corrected chi connectivity index (χ2v) is 9.23. The number of carbonyl (C=O) groups excluding carboxylic acids is 3. The number of phenolic OH excluding ortho intramolecular Hbond substituents is 1. The first-order valence-electron chi connectivity index (χ1n) is 10.7. The lowest BCUT2D eigenvalue weighted by atomic mass is 9.63. The monoisotopic (exact) mass is 442 g/mol. The third-order valence-electron chi connectivity index (χ3n) is 6.60. The quantitative estimate of drug-likeness (QED) is 0.534. The van der Waals surface area contributed by atoms with Crippen LogP contribution in [0.4, 0.5) is 0 Å². The fraction of sp³-hybridized carbons (Fsp3) is 0.522. The van der Waals surface area contributed by atoms with E-state index in [1.54, 1.807) is 46.8 Å². The van der Waals surface area contributed by atoms with Crippen molar-refractivity contribution in [1.29, 1.82) is 0 Å². The summed E-state index contributed by atoms with van der Waals surface area (Å²) < 4.78 is 0. The van der Waals surface area contributed by atoms with Crippen LogP contribution in [0.1, 0.15) is 62.0 Å². The van der Waals surface area contributed by atoms with Crippen molar-refractivity contribution in [2.75, 3.05) is 0 Å². The lowest BCUT2D eigenvalue weighted by Crippen LogP contribution is -2.58. The molecule has 0 bridgehead atoms. The van der Waals surface area contributed by atoms with E-state index < -0.39 is 41.1 Å². The molecule has 9 nitrogen and oxygen atoms in total.